The smallest absolute Gasteiger partial charge is 1.00 e. The Morgan fingerprint density at radius 1 is 0.433 bits per heavy atom. The summed E-state index contributed by atoms with van der Waals surface area (Å²) in [6.45, 7) is 31.3. The number of carbonyl (C=O) groups is 7. The number of alkyl halides is 1. The van der Waals surface area contributed by atoms with E-state index in [0.717, 1.165) is 215 Å². The van der Waals surface area contributed by atoms with Crippen LogP contribution < -0.4 is 43.7 Å². The Morgan fingerprint density at radius 2 is 0.723 bits per heavy atom. The Bertz CT molecular complexity index is 5380. The van der Waals surface area contributed by atoms with Crippen LogP contribution >= 0.6 is 79.5 Å². The molecule has 4 N–H and O–H groups in total. The van der Waals surface area contributed by atoms with Crippen LogP contribution in [0.25, 0.3) is 40.9 Å². The van der Waals surface area contributed by atoms with E-state index in [1.807, 2.05) is 123 Å². The molecule has 1 aliphatic heterocycles. The third-order valence-electron chi connectivity index (χ3n) is 25.6. The van der Waals surface area contributed by atoms with Crippen LogP contribution in [-0.4, -0.2) is 249 Å². The standard InChI is InChI=1S/C25H35N3O5S.C24H33N3O5S.C23H33N3O4S.C13H13ClN2O2S.C11H21NO3.C4H8O.CH3I.Al.Li.4H/c1-6-31-19(29)13-15-7-12-18-20(15)21-22(26-14-27-23(21)34-18)32-17-10-8-16(9-11-17)28(5)24(30)33-25(2,3)4;1-5-30-18(28)12-14-6-11-17-19(14)20-21(25-13-26-22(20)33-17)31-16-9-7-15(8-10-16)27-23(29)32-24(2,3)4;1-23(2,3)30-22(28)26(4)15-6-8-16(9-7-15)29-20-19-18-14(11-12-27)5-10-17(18)31-21(19)25-13-24-20;1-2-18-9(17)5-7-3-4-8-10(7)11-12(14)15-6-16-13(11)19-8;1-11(2,3)15-10(14)12-8-4-6-9(13)7-5-8;1-2-4-5-3-1;1-2;;;;;;/h14-17H,6-13H2,1-5H3;13-16H,5-12H2,1-4H3,(H,27,29);13-16,27H,5-12H2,1-4H3;6-7H,2-5H2,1H3;8-9,13H,4-7H2,1-3H3,(H,12,14);1-4H2;1H3;;;;;;/q;;;;;;;;+1;;;;-1. The van der Waals surface area contributed by atoms with Crippen LogP contribution in [0, 0.1) is 0 Å². The minimum absolute atomic E-state index is 0. The number of thiophene rings is 4. The quantitative estimate of drug-likeness (QED) is 0.0130. The summed E-state index contributed by atoms with van der Waals surface area (Å²) >= 11 is 15.1. The number of hydrogen-bond donors (Lipinski definition) is 4. The van der Waals surface area contributed by atoms with E-state index in [9.17, 15) is 43.8 Å². The molecule has 1 saturated heterocycles. The number of fused-ring (bicyclic) bond motifs is 12. The van der Waals surface area contributed by atoms with Crippen molar-refractivity contribution in [2.24, 2.45) is 0 Å². The van der Waals surface area contributed by atoms with Crippen LogP contribution in [0.4, 0.5) is 19.2 Å². The molecule has 776 valence electrons. The molecule has 40 heteroatoms. The first-order valence-corrected chi connectivity index (χ1v) is 55.4. The van der Waals surface area contributed by atoms with Crippen LogP contribution in [0.15, 0.2) is 25.3 Å². The molecular weight excluding hydrogens is 2030 g/mol. The number of aliphatic hydroxyl groups excluding tert-OH is 2. The number of aromatic nitrogens is 8. The van der Waals surface area contributed by atoms with E-state index in [2.05, 4.69) is 73.1 Å². The fraction of sp³-hybridized carbons (Fsp3) is 0.693. The molecule has 4 unspecified atom stereocenters. The van der Waals surface area contributed by atoms with Crippen LogP contribution in [0.1, 0.15) is 338 Å². The van der Waals surface area contributed by atoms with Crippen molar-refractivity contribution in [1.82, 2.24) is 60.3 Å². The number of halogens is 2. The van der Waals surface area contributed by atoms with Gasteiger partial charge in [0.1, 0.15) is 90.5 Å². The number of aryl methyl sites for hydroxylation is 4. The summed E-state index contributed by atoms with van der Waals surface area (Å²) in [5.74, 6) is 2.22. The number of amides is 4. The van der Waals surface area contributed by atoms with Gasteiger partial charge in [-0.05, 0) is 328 Å². The summed E-state index contributed by atoms with van der Waals surface area (Å²) in [4.78, 5) is 134. The summed E-state index contributed by atoms with van der Waals surface area (Å²) in [6.07, 6.45) is 30.6. The average Bonchev–Trinajstić information content (AvgIpc) is 1.61. The molecule has 4 saturated carbocycles. The number of rotatable bonds is 21. The van der Waals surface area contributed by atoms with Crippen molar-refractivity contribution in [3.8, 4) is 17.6 Å². The van der Waals surface area contributed by atoms with E-state index in [1.54, 1.807) is 74.1 Å². The number of alkyl carbamates (subject to hydrolysis) is 2. The molecule has 8 aromatic rings. The number of hydrogen-bond acceptors (Lipinski definition) is 32. The normalized spacial score (nSPS) is 22.0. The van der Waals surface area contributed by atoms with Crippen molar-refractivity contribution in [1.29, 1.82) is 0 Å². The maximum Gasteiger partial charge on any atom is 1.00 e. The predicted octanol–water partition coefficient (Wildman–Crippen LogP) is 17.7. The third-order valence-corrected chi connectivity index (χ3v) is 30.6. The summed E-state index contributed by atoms with van der Waals surface area (Å²) < 4.78 is 61.1. The third kappa shape index (κ3) is 34.3. The minimum atomic E-state index is -0.505. The van der Waals surface area contributed by atoms with Gasteiger partial charge in [-0.25, -0.2) is 59.0 Å². The molecule has 9 aliphatic rings. The first kappa shape index (κ1) is 118. The van der Waals surface area contributed by atoms with E-state index in [0.29, 0.717) is 67.8 Å². The van der Waals surface area contributed by atoms with Crippen LogP contribution in [0.2, 0.25) is 5.15 Å². The first-order valence-electron chi connectivity index (χ1n) is 49.6. The van der Waals surface area contributed by atoms with E-state index in [4.69, 9.17) is 63.7 Å². The maximum atomic E-state index is 12.4. The van der Waals surface area contributed by atoms with Gasteiger partial charge in [-0.1, -0.05) is 34.2 Å². The number of ether oxygens (including phenoxy) is 11. The van der Waals surface area contributed by atoms with E-state index in [1.165, 1.54) is 60.9 Å². The van der Waals surface area contributed by atoms with Gasteiger partial charge in [-0.2, -0.15) is 0 Å². The second kappa shape index (κ2) is 55.2. The molecule has 8 aromatic heterocycles. The molecule has 0 bridgehead atoms. The van der Waals surface area contributed by atoms with Crippen LogP contribution in [0.5, 0.6) is 17.6 Å². The van der Waals surface area contributed by atoms with Crippen molar-refractivity contribution in [2.75, 3.05) is 58.7 Å². The number of nitrogens with zero attached hydrogens (tertiary/aromatic N) is 10. The van der Waals surface area contributed by atoms with Gasteiger partial charge in [0.25, 0.3) is 0 Å². The molecule has 4 atom stereocenters. The Kier molecular flexibility index (Phi) is 46.1. The molecule has 17 rings (SSSR count). The van der Waals surface area contributed by atoms with Crippen molar-refractivity contribution in [2.45, 2.75) is 391 Å². The number of carbonyl (C=O) groups excluding carboxylic acids is 7. The van der Waals surface area contributed by atoms with Gasteiger partial charge in [0.05, 0.1) is 66.7 Å². The summed E-state index contributed by atoms with van der Waals surface area (Å²) in [5.41, 5.74) is 2.85. The molecule has 0 radical (unpaired) electrons. The summed E-state index contributed by atoms with van der Waals surface area (Å²) in [6, 6.07) is 0.548. The van der Waals surface area contributed by atoms with Gasteiger partial charge in [0, 0.05) is 77.6 Å². The van der Waals surface area contributed by atoms with Gasteiger partial charge < -0.3 is 84.2 Å². The molecule has 4 amide bonds. The van der Waals surface area contributed by atoms with Gasteiger partial charge in [0.15, 0.2) is 17.4 Å². The SMILES string of the molecule is C1CCOC1.CC(C)(C)OC(=O)NC1CCC(O)CC1.CCOC(=O)CC1CCc2sc3ncnc(Cl)c3c21.CCOC(=O)CC1CCc2sc3ncnc(OC4CCC(N(C)C(=O)OC(C)(C)C)CC4)c3c21.CCOC(=O)CC1CCc2sc3ncnc(OC4CCC(NC(=O)OC(C)(C)C)CC4)c3c21.CI.CN(C(=O)OC(C)(C)C)C1CCC(Oc2ncnc3sc4c(c23)C(CCO)CC4)CC1.[AlH3].[H-].[Li+]. The van der Waals surface area contributed by atoms with Crippen LogP contribution in [-0.2, 0) is 78.0 Å². The molecular formula is C101H150AlClILiN12O20S4. The zero-order valence-corrected chi connectivity index (χ0v) is 91.5. The minimum Gasteiger partial charge on any atom is -1.00 e. The summed E-state index contributed by atoms with van der Waals surface area (Å²) in [7, 11) is 3.63. The van der Waals surface area contributed by atoms with E-state index >= 15 is 0 Å². The fourth-order valence-electron chi connectivity index (χ4n) is 19.3. The molecule has 0 aromatic carbocycles. The van der Waals surface area contributed by atoms with Gasteiger partial charge in [-0.15, -0.1) is 45.3 Å². The Balaban J connectivity index is 0.000000217. The Morgan fingerprint density at radius 3 is 1.03 bits per heavy atom. The van der Waals surface area contributed by atoms with Crippen molar-refractivity contribution < 1.29 is 116 Å². The van der Waals surface area contributed by atoms with Crippen molar-refractivity contribution in [3.05, 3.63) is 72.2 Å². The fourth-order valence-corrected chi connectivity index (χ4v) is 24.5. The molecule has 0 spiro atoms. The van der Waals surface area contributed by atoms with Crippen molar-refractivity contribution >= 4 is 180 Å². The molecule has 5 fully saturated rings. The zero-order valence-electron chi connectivity index (χ0n) is 86.3. The summed E-state index contributed by atoms with van der Waals surface area (Å²) in [5, 5.41) is 28.9. The van der Waals surface area contributed by atoms with Crippen LogP contribution in [0.3, 0.4) is 0 Å². The predicted molar refractivity (Wildman–Crippen MR) is 560 cm³/mol. The van der Waals surface area contributed by atoms with Gasteiger partial charge in [-0.3, -0.25) is 14.4 Å². The topological polar surface area (TPSA) is 395 Å². The number of esters is 3. The second-order valence-corrected chi connectivity index (χ2v) is 45.3. The molecule has 141 heavy (non-hydrogen) atoms. The Labute approximate surface area is 889 Å². The maximum absolute atomic E-state index is 12.4. The second-order valence-electron chi connectivity index (χ2n) is 40.6. The van der Waals surface area contributed by atoms with E-state index < -0.39 is 22.4 Å². The van der Waals surface area contributed by atoms with Gasteiger partial charge >= 0.3 is 61.1 Å². The number of nitrogens with one attached hydrogen (secondary N) is 2. The van der Waals surface area contributed by atoms with Gasteiger partial charge in [0.2, 0.25) is 17.6 Å². The molecule has 32 nitrogen and oxygen atoms in total. The molecule has 8 aliphatic carbocycles. The van der Waals surface area contributed by atoms with E-state index in [-0.39, 0.29) is 153 Å². The zero-order chi connectivity index (χ0) is 101. The number of aliphatic hydroxyl groups is 2. The monoisotopic (exact) mass is 2170 g/mol. The largest absolute Gasteiger partial charge is 1.00 e. The molecule has 9 heterocycles. The average molecular weight is 2180 g/mol. The van der Waals surface area contributed by atoms with Crippen molar-refractivity contribution in [3.63, 3.8) is 0 Å². The first-order chi connectivity index (χ1) is 66.2. The Hall–Kier alpha value is -6.92.